The number of nitrogens with zero attached hydrogens (tertiary/aromatic N) is 2. The van der Waals surface area contributed by atoms with Crippen molar-refractivity contribution < 1.29 is 9.47 Å². The second-order valence-electron chi connectivity index (χ2n) is 3.23. The highest BCUT2D eigenvalue weighted by molar-refractivity contribution is 6.31. The van der Waals surface area contributed by atoms with Gasteiger partial charge in [-0.3, -0.25) is 0 Å². The summed E-state index contributed by atoms with van der Waals surface area (Å²) in [5, 5.41) is 0. The highest BCUT2D eigenvalue weighted by Gasteiger charge is 2.15. The summed E-state index contributed by atoms with van der Waals surface area (Å²) in [6, 6.07) is 0.395. The molecule has 2 rings (SSSR count). The zero-order valence-corrected chi connectivity index (χ0v) is 7.85. The Morgan fingerprint density at radius 2 is 1.93 bits per heavy atom. The van der Waals surface area contributed by atoms with Gasteiger partial charge in [0.1, 0.15) is 14.0 Å². The summed E-state index contributed by atoms with van der Waals surface area (Å²) in [6.07, 6.45) is 5.05. The van der Waals surface area contributed by atoms with Gasteiger partial charge in [0.05, 0.1) is 13.2 Å². The van der Waals surface area contributed by atoms with E-state index >= 15 is 0 Å². The van der Waals surface area contributed by atoms with Crippen LogP contribution in [-0.2, 0) is 4.74 Å². The molecule has 1 aliphatic heterocycles. The molecule has 4 nitrogen and oxygen atoms in total. The quantitative estimate of drug-likeness (QED) is 0.607. The Balaban J connectivity index is 1.92. The van der Waals surface area contributed by atoms with E-state index in [9.17, 15) is 0 Å². The van der Waals surface area contributed by atoms with E-state index in [0.717, 1.165) is 26.1 Å². The van der Waals surface area contributed by atoms with Crippen molar-refractivity contribution in [1.82, 2.24) is 9.97 Å². The van der Waals surface area contributed by atoms with Crippen LogP contribution < -0.4 is 10.2 Å². The average Bonchev–Trinajstić information content (AvgIpc) is 2.23. The maximum atomic E-state index is 5.55. The number of rotatable bonds is 2. The van der Waals surface area contributed by atoms with E-state index in [0.29, 0.717) is 11.5 Å². The maximum Gasteiger partial charge on any atom is 0.316 e. The molecule has 1 saturated heterocycles. The molecule has 0 aromatic carbocycles. The van der Waals surface area contributed by atoms with Crippen molar-refractivity contribution in [2.24, 2.45) is 0 Å². The Kier molecular flexibility index (Phi) is 2.98. The van der Waals surface area contributed by atoms with Gasteiger partial charge in [-0.25, -0.2) is 9.97 Å². The van der Waals surface area contributed by atoms with Crippen molar-refractivity contribution in [2.45, 2.75) is 18.9 Å². The van der Waals surface area contributed by atoms with Gasteiger partial charge in [0, 0.05) is 25.2 Å². The highest BCUT2D eigenvalue weighted by atomic mass is 16.5. The van der Waals surface area contributed by atoms with Crippen LogP contribution in [0.5, 0.6) is 6.01 Å². The molecule has 1 aliphatic rings. The summed E-state index contributed by atoms with van der Waals surface area (Å²) in [6.45, 7) is 1.50. The molecule has 0 aliphatic carbocycles. The normalized spacial score (nSPS) is 18.0. The Bertz CT molecular complexity index is 285. The zero-order valence-electron chi connectivity index (χ0n) is 7.85. The van der Waals surface area contributed by atoms with E-state index in [2.05, 4.69) is 9.97 Å². The first-order valence-corrected chi connectivity index (χ1v) is 4.66. The van der Waals surface area contributed by atoms with Crippen LogP contribution in [0.4, 0.5) is 0 Å². The molecule has 2 radical (unpaired) electrons. The van der Waals surface area contributed by atoms with Gasteiger partial charge >= 0.3 is 6.01 Å². The first-order chi connectivity index (χ1) is 6.84. The Hall–Kier alpha value is -1.10. The largest absolute Gasteiger partial charge is 0.460 e. The van der Waals surface area contributed by atoms with Crippen LogP contribution in [0, 0.1) is 0 Å². The third-order valence-electron chi connectivity index (χ3n) is 2.09. The predicted molar refractivity (Wildman–Crippen MR) is 51.9 cm³/mol. The van der Waals surface area contributed by atoms with E-state index in [-0.39, 0.29) is 6.10 Å². The zero-order chi connectivity index (χ0) is 9.80. The molecule has 0 saturated carbocycles. The second-order valence-corrected chi connectivity index (χ2v) is 3.23. The van der Waals surface area contributed by atoms with Crippen molar-refractivity contribution in [3.63, 3.8) is 0 Å². The monoisotopic (exact) mass is 190 g/mol. The summed E-state index contributed by atoms with van der Waals surface area (Å²) < 4.78 is 10.8. The topological polar surface area (TPSA) is 44.2 Å². The maximum absolute atomic E-state index is 5.55. The number of aromatic nitrogens is 2. The number of hydrogen-bond donors (Lipinski definition) is 0. The molecule has 0 spiro atoms. The van der Waals surface area contributed by atoms with Crippen LogP contribution in [0.25, 0.3) is 0 Å². The van der Waals surface area contributed by atoms with Gasteiger partial charge in [-0.15, -0.1) is 0 Å². The lowest BCUT2D eigenvalue weighted by Crippen LogP contribution is -2.26. The fraction of sp³-hybridized carbons (Fsp3) is 0.556. The third kappa shape index (κ3) is 2.45. The molecule has 14 heavy (non-hydrogen) atoms. The minimum Gasteiger partial charge on any atom is -0.460 e. The van der Waals surface area contributed by atoms with E-state index in [4.69, 9.17) is 17.3 Å². The van der Waals surface area contributed by atoms with Gasteiger partial charge in [0.15, 0.2) is 0 Å². The predicted octanol–water partition coefficient (Wildman–Crippen LogP) is -0.172. The average molecular weight is 190 g/mol. The number of hydrogen-bond acceptors (Lipinski definition) is 4. The highest BCUT2D eigenvalue weighted by Crippen LogP contribution is 2.12. The van der Waals surface area contributed by atoms with Gasteiger partial charge in [-0.05, 0) is 0 Å². The van der Waals surface area contributed by atoms with Crippen molar-refractivity contribution in [3.05, 3.63) is 12.4 Å². The van der Waals surface area contributed by atoms with Gasteiger partial charge < -0.3 is 9.47 Å². The molecule has 0 unspecified atom stereocenters. The van der Waals surface area contributed by atoms with Crippen molar-refractivity contribution in [3.8, 4) is 6.01 Å². The molecule has 72 valence electrons. The van der Waals surface area contributed by atoms with Crippen LogP contribution in [0.2, 0.25) is 0 Å². The first kappa shape index (κ1) is 9.46. The van der Waals surface area contributed by atoms with Crippen molar-refractivity contribution in [1.29, 1.82) is 0 Å². The van der Waals surface area contributed by atoms with Crippen LogP contribution >= 0.6 is 0 Å². The molecule has 1 aromatic rings. The molecule has 0 amide bonds. The van der Waals surface area contributed by atoms with Crippen LogP contribution in [0.1, 0.15) is 12.8 Å². The van der Waals surface area contributed by atoms with E-state index < -0.39 is 0 Å². The van der Waals surface area contributed by atoms with E-state index in [1.807, 2.05) is 0 Å². The summed E-state index contributed by atoms with van der Waals surface area (Å²) in [4.78, 5) is 7.95. The molecular formula is C9H11BN2O2. The fourth-order valence-corrected chi connectivity index (χ4v) is 1.33. The molecule has 1 fully saturated rings. The van der Waals surface area contributed by atoms with Gasteiger partial charge in [-0.2, -0.15) is 0 Å². The van der Waals surface area contributed by atoms with Crippen LogP contribution in [0.3, 0.4) is 0 Å². The smallest absolute Gasteiger partial charge is 0.316 e. The molecule has 5 heteroatoms. The lowest BCUT2D eigenvalue weighted by molar-refractivity contribution is 0.0217. The molecule has 0 N–H and O–H groups in total. The Morgan fingerprint density at radius 3 is 2.57 bits per heavy atom. The first-order valence-electron chi connectivity index (χ1n) is 4.66. The van der Waals surface area contributed by atoms with Gasteiger partial charge in [0.2, 0.25) is 0 Å². The minimum absolute atomic E-state index is 0.173. The van der Waals surface area contributed by atoms with Crippen molar-refractivity contribution in [2.75, 3.05) is 13.2 Å². The summed E-state index contributed by atoms with van der Waals surface area (Å²) in [5.74, 6) is 0. The lowest BCUT2D eigenvalue weighted by atomic mass is 10.0. The van der Waals surface area contributed by atoms with E-state index in [1.165, 1.54) is 0 Å². The standard InChI is InChI=1S/C9H11BN2O2/c10-7-5-11-9(12-6-7)14-8-1-3-13-4-2-8/h5-6,8H,1-4H2. The molecule has 2 heterocycles. The Morgan fingerprint density at radius 1 is 1.29 bits per heavy atom. The van der Waals surface area contributed by atoms with E-state index in [1.54, 1.807) is 12.4 Å². The van der Waals surface area contributed by atoms with Crippen LogP contribution in [-0.4, -0.2) is 37.1 Å². The summed E-state index contributed by atoms with van der Waals surface area (Å²) in [7, 11) is 5.46. The van der Waals surface area contributed by atoms with Crippen molar-refractivity contribution >= 4 is 13.3 Å². The fourth-order valence-electron chi connectivity index (χ4n) is 1.33. The minimum atomic E-state index is 0.173. The molecule has 1 aromatic heterocycles. The molecule has 0 bridgehead atoms. The number of ether oxygens (including phenoxy) is 2. The summed E-state index contributed by atoms with van der Waals surface area (Å²) >= 11 is 0. The third-order valence-corrected chi connectivity index (χ3v) is 2.09. The Labute approximate surface area is 84.1 Å². The lowest BCUT2D eigenvalue weighted by Gasteiger charge is -2.21. The van der Waals surface area contributed by atoms with Gasteiger partial charge in [0.25, 0.3) is 0 Å². The molecular weight excluding hydrogens is 179 g/mol. The van der Waals surface area contributed by atoms with Gasteiger partial charge in [-0.1, -0.05) is 5.46 Å². The van der Waals surface area contributed by atoms with Crippen LogP contribution in [0.15, 0.2) is 12.4 Å². The molecule has 0 atom stereocenters. The summed E-state index contributed by atoms with van der Waals surface area (Å²) in [5.41, 5.74) is 0.546. The second kappa shape index (κ2) is 4.42. The SMILES string of the molecule is [B]c1cnc(OC2CCOCC2)nc1.